The molecule has 0 spiro atoms. The average Bonchev–Trinajstić information content (AvgIpc) is 2.73. The lowest BCUT2D eigenvalue weighted by Gasteiger charge is -2.28. The normalized spacial score (nSPS) is 15.7. The molecule has 30 heavy (non-hydrogen) atoms. The topological polar surface area (TPSA) is 133 Å². The molecule has 0 aromatic rings. The number of aliphatic hydroxyl groups excluding tert-OH is 5. The Balaban J connectivity index is 3.68. The number of nitrogens with one attached hydrogen (secondary N) is 1. The third kappa shape index (κ3) is 15.1. The molecule has 4 atom stereocenters. The minimum Gasteiger partial charge on any atom is -0.394 e. The summed E-state index contributed by atoms with van der Waals surface area (Å²) in [4.78, 5) is 13.6. The van der Waals surface area contributed by atoms with E-state index in [4.69, 9.17) is 5.11 Å². The zero-order chi connectivity index (χ0) is 22.8. The van der Waals surface area contributed by atoms with Crippen LogP contribution in [0.25, 0.3) is 0 Å². The van der Waals surface area contributed by atoms with Gasteiger partial charge in [0.15, 0.2) is 0 Å². The molecule has 8 heteroatoms. The van der Waals surface area contributed by atoms with Gasteiger partial charge in [-0.15, -0.1) is 0 Å². The second kappa shape index (κ2) is 19.0. The third-order valence-corrected chi connectivity index (χ3v) is 5.37. The van der Waals surface area contributed by atoms with Crippen LogP contribution in [-0.4, -0.2) is 94.0 Å². The fourth-order valence-corrected chi connectivity index (χ4v) is 3.34. The van der Waals surface area contributed by atoms with Gasteiger partial charge in [-0.3, -0.25) is 4.79 Å². The van der Waals surface area contributed by atoms with Crippen molar-refractivity contribution in [2.75, 3.05) is 33.3 Å². The van der Waals surface area contributed by atoms with Gasteiger partial charge in [-0.05, 0) is 26.4 Å². The first-order valence-electron chi connectivity index (χ1n) is 11.6. The van der Waals surface area contributed by atoms with Crippen LogP contribution in [0.15, 0.2) is 0 Å². The van der Waals surface area contributed by atoms with Crippen molar-refractivity contribution in [2.45, 2.75) is 102 Å². The van der Waals surface area contributed by atoms with Crippen LogP contribution >= 0.6 is 0 Å². The highest BCUT2D eigenvalue weighted by atomic mass is 16.4. The fraction of sp³-hybridized carbons (Fsp3) is 0.955. The van der Waals surface area contributed by atoms with Gasteiger partial charge in [0.25, 0.3) is 0 Å². The maximum atomic E-state index is 11.9. The Hall–Kier alpha value is -0.770. The predicted octanol–water partition coefficient (Wildman–Crippen LogP) is 0.781. The van der Waals surface area contributed by atoms with E-state index in [-0.39, 0.29) is 12.5 Å². The van der Waals surface area contributed by atoms with Crippen molar-refractivity contribution < 1.29 is 30.3 Å². The zero-order valence-electron chi connectivity index (χ0n) is 19.0. The van der Waals surface area contributed by atoms with Crippen LogP contribution in [0.5, 0.6) is 0 Å². The van der Waals surface area contributed by atoms with E-state index in [1.54, 1.807) is 11.9 Å². The van der Waals surface area contributed by atoms with Crippen molar-refractivity contribution in [3.63, 3.8) is 0 Å². The van der Waals surface area contributed by atoms with E-state index in [9.17, 15) is 25.2 Å². The standard InChI is InChI=1S/C22H46N2O6/c1-3-4-5-6-7-8-9-10-11-13-20(28)23-14-12-15-24(2)16-18(26)21(29)22(30)19(27)17-25/h18-19,21-22,25-27,29-30H,3-17H2,1-2H3,(H,23,28)/t18-,19+,21+,22+/m0/s1. The summed E-state index contributed by atoms with van der Waals surface area (Å²) in [5.74, 6) is 0.0668. The molecule has 0 saturated carbocycles. The van der Waals surface area contributed by atoms with Crippen LogP contribution in [0.1, 0.15) is 77.6 Å². The molecular formula is C22H46N2O6. The second-order valence-electron chi connectivity index (χ2n) is 8.34. The number of likely N-dealkylation sites (N-methyl/N-ethyl adjacent to an activating group) is 1. The van der Waals surface area contributed by atoms with Crippen LogP contribution in [0.3, 0.4) is 0 Å². The summed E-state index contributed by atoms with van der Waals surface area (Å²) in [5, 5.41) is 50.4. The van der Waals surface area contributed by atoms with Crippen LogP contribution < -0.4 is 5.32 Å². The van der Waals surface area contributed by atoms with Gasteiger partial charge < -0.3 is 35.7 Å². The molecule has 0 heterocycles. The van der Waals surface area contributed by atoms with Crippen molar-refractivity contribution in [2.24, 2.45) is 0 Å². The molecule has 1 amide bonds. The summed E-state index contributed by atoms with van der Waals surface area (Å²) in [6.45, 7) is 2.77. The Morgan fingerprint density at radius 1 is 0.833 bits per heavy atom. The SMILES string of the molecule is CCCCCCCCCCCC(=O)NCCCN(C)C[C@H](O)[C@@H](O)[C@H](O)[C@H](O)CO. The average molecular weight is 435 g/mol. The quantitative estimate of drug-likeness (QED) is 0.156. The highest BCUT2D eigenvalue weighted by molar-refractivity contribution is 5.75. The smallest absolute Gasteiger partial charge is 0.219 e. The van der Waals surface area contributed by atoms with Gasteiger partial charge in [-0.25, -0.2) is 0 Å². The number of carbonyl (C=O) groups is 1. The molecule has 180 valence electrons. The van der Waals surface area contributed by atoms with Crippen molar-refractivity contribution in [3.05, 3.63) is 0 Å². The molecule has 0 bridgehead atoms. The molecule has 0 unspecified atom stereocenters. The minimum atomic E-state index is -1.61. The number of amides is 1. The largest absolute Gasteiger partial charge is 0.394 e. The van der Waals surface area contributed by atoms with E-state index in [1.165, 1.54) is 44.9 Å². The van der Waals surface area contributed by atoms with Crippen LogP contribution in [-0.2, 0) is 4.79 Å². The van der Waals surface area contributed by atoms with Gasteiger partial charge in [0.2, 0.25) is 5.91 Å². The van der Waals surface area contributed by atoms with E-state index < -0.39 is 31.0 Å². The number of aliphatic hydroxyl groups is 5. The molecule has 0 aromatic carbocycles. The number of unbranched alkanes of at least 4 members (excludes halogenated alkanes) is 8. The molecule has 0 radical (unpaired) electrons. The van der Waals surface area contributed by atoms with Crippen molar-refractivity contribution >= 4 is 5.91 Å². The molecule has 6 N–H and O–H groups in total. The molecule has 0 fully saturated rings. The number of hydrogen-bond donors (Lipinski definition) is 6. The minimum absolute atomic E-state index is 0.0668. The van der Waals surface area contributed by atoms with Crippen LogP contribution in [0, 0.1) is 0 Å². The first-order chi connectivity index (χ1) is 14.3. The summed E-state index contributed by atoms with van der Waals surface area (Å²) >= 11 is 0. The number of nitrogens with zero attached hydrogens (tertiary/aromatic N) is 1. The molecule has 0 aliphatic carbocycles. The van der Waals surface area contributed by atoms with Crippen molar-refractivity contribution in [3.8, 4) is 0 Å². The Morgan fingerprint density at radius 3 is 1.93 bits per heavy atom. The summed E-state index contributed by atoms with van der Waals surface area (Å²) in [6.07, 6.45) is 6.38. The van der Waals surface area contributed by atoms with Gasteiger partial charge in [0.1, 0.15) is 18.3 Å². The Kier molecular flexibility index (Phi) is 18.5. The molecule has 0 rings (SSSR count). The maximum Gasteiger partial charge on any atom is 0.219 e. The van der Waals surface area contributed by atoms with E-state index in [0.717, 1.165) is 12.8 Å². The lowest BCUT2D eigenvalue weighted by molar-refractivity contribution is -0.121. The van der Waals surface area contributed by atoms with E-state index in [1.807, 2.05) is 0 Å². The highest BCUT2D eigenvalue weighted by Crippen LogP contribution is 2.10. The first kappa shape index (κ1) is 29.2. The molecular weight excluding hydrogens is 388 g/mol. The first-order valence-corrected chi connectivity index (χ1v) is 11.6. The molecule has 0 saturated heterocycles. The Morgan fingerprint density at radius 2 is 1.37 bits per heavy atom. The monoisotopic (exact) mass is 434 g/mol. The zero-order valence-corrected chi connectivity index (χ0v) is 19.0. The van der Waals surface area contributed by atoms with Gasteiger partial charge in [0.05, 0.1) is 12.7 Å². The van der Waals surface area contributed by atoms with Gasteiger partial charge in [-0.2, -0.15) is 0 Å². The molecule has 0 aliphatic rings. The van der Waals surface area contributed by atoms with Gasteiger partial charge in [-0.1, -0.05) is 58.3 Å². The lowest BCUT2D eigenvalue weighted by Crippen LogP contribution is -2.49. The fourth-order valence-electron chi connectivity index (χ4n) is 3.34. The van der Waals surface area contributed by atoms with Crippen LogP contribution in [0.2, 0.25) is 0 Å². The number of carbonyl (C=O) groups excluding carboxylic acids is 1. The molecule has 8 nitrogen and oxygen atoms in total. The Bertz CT molecular complexity index is 413. The van der Waals surface area contributed by atoms with Gasteiger partial charge >= 0.3 is 0 Å². The summed E-state index contributed by atoms with van der Waals surface area (Å²) < 4.78 is 0. The maximum absolute atomic E-state index is 11.9. The second-order valence-corrected chi connectivity index (χ2v) is 8.34. The third-order valence-electron chi connectivity index (χ3n) is 5.37. The molecule has 0 aliphatic heterocycles. The van der Waals surface area contributed by atoms with Crippen molar-refractivity contribution in [1.29, 1.82) is 0 Å². The lowest BCUT2D eigenvalue weighted by atomic mass is 10.0. The van der Waals surface area contributed by atoms with E-state index >= 15 is 0 Å². The molecule has 0 aromatic heterocycles. The Labute approximate surface area is 182 Å². The summed E-state index contributed by atoms with van der Waals surface area (Å²) in [6, 6.07) is 0. The van der Waals surface area contributed by atoms with Crippen LogP contribution in [0.4, 0.5) is 0 Å². The van der Waals surface area contributed by atoms with E-state index in [0.29, 0.717) is 25.9 Å². The highest BCUT2D eigenvalue weighted by Gasteiger charge is 2.30. The van der Waals surface area contributed by atoms with Gasteiger partial charge in [0, 0.05) is 19.5 Å². The predicted molar refractivity (Wildman–Crippen MR) is 118 cm³/mol. The summed E-state index contributed by atoms with van der Waals surface area (Å²) in [7, 11) is 1.76. The van der Waals surface area contributed by atoms with E-state index in [2.05, 4.69) is 12.2 Å². The number of rotatable bonds is 20. The summed E-state index contributed by atoms with van der Waals surface area (Å²) in [5.41, 5.74) is 0. The van der Waals surface area contributed by atoms with Crippen molar-refractivity contribution in [1.82, 2.24) is 10.2 Å². The number of hydrogen-bond acceptors (Lipinski definition) is 7.